The Kier molecular flexibility index (Phi) is 6.46. The van der Waals surface area contributed by atoms with Crippen molar-refractivity contribution in [2.45, 2.75) is 32.7 Å². The van der Waals surface area contributed by atoms with E-state index >= 15 is 0 Å². The van der Waals surface area contributed by atoms with Gasteiger partial charge in [-0.15, -0.1) is 12.4 Å². The van der Waals surface area contributed by atoms with Crippen LogP contribution in [0.5, 0.6) is 0 Å². The monoisotopic (exact) mass is 297 g/mol. The van der Waals surface area contributed by atoms with Crippen molar-refractivity contribution in [3.63, 3.8) is 0 Å². The van der Waals surface area contributed by atoms with E-state index in [0.717, 1.165) is 42.7 Å². The molecule has 0 radical (unpaired) electrons. The van der Waals surface area contributed by atoms with E-state index in [1.807, 2.05) is 26.0 Å². The molecule has 1 unspecified atom stereocenters. The molecule has 1 aliphatic rings. The number of rotatable bonds is 3. The summed E-state index contributed by atoms with van der Waals surface area (Å²) in [6.07, 6.45) is 2.15. The lowest BCUT2D eigenvalue weighted by atomic mass is 10.1. The van der Waals surface area contributed by atoms with Gasteiger partial charge in [0.05, 0.1) is 6.54 Å². The van der Waals surface area contributed by atoms with E-state index in [1.165, 1.54) is 0 Å². The Hall–Kier alpha value is -1.10. The Morgan fingerprint density at radius 2 is 2.20 bits per heavy atom. The van der Waals surface area contributed by atoms with Crippen LogP contribution in [0.4, 0.5) is 5.69 Å². The van der Waals surface area contributed by atoms with Crippen LogP contribution in [0.3, 0.4) is 0 Å². The minimum absolute atomic E-state index is 0. The predicted molar refractivity (Wildman–Crippen MR) is 85.4 cm³/mol. The number of piperidine rings is 1. The summed E-state index contributed by atoms with van der Waals surface area (Å²) in [6.45, 7) is 6.25. The van der Waals surface area contributed by atoms with Crippen molar-refractivity contribution in [1.29, 1.82) is 0 Å². The number of hydrogen-bond donors (Lipinski definition) is 2. The summed E-state index contributed by atoms with van der Waals surface area (Å²) in [7, 11) is 0. The summed E-state index contributed by atoms with van der Waals surface area (Å²) in [5.41, 5.74) is 9.08. The number of halogens is 1. The highest BCUT2D eigenvalue weighted by Crippen LogP contribution is 2.16. The number of carbonyl (C=O) groups excluding carboxylic acids is 1. The SMILES string of the molecule is Cc1ccc(C)c(NC(=O)CN2CCCC(N)C2)c1.Cl. The average molecular weight is 298 g/mol. The van der Waals surface area contributed by atoms with Crippen LogP contribution in [0.2, 0.25) is 0 Å². The molecule has 0 bridgehead atoms. The molecule has 1 aliphatic heterocycles. The van der Waals surface area contributed by atoms with Crippen LogP contribution in [-0.2, 0) is 4.79 Å². The Bertz CT molecular complexity index is 464. The van der Waals surface area contributed by atoms with E-state index < -0.39 is 0 Å². The molecule has 1 aromatic rings. The second-order valence-electron chi connectivity index (χ2n) is 5.50. The second kappa shape index (κ2) is 7.62. The number of aryl methyl sites for hydroxylation is 2. The first-order valence-corrected chi connectivity index (χ1v) is 6.89. The fraction of sp³-hybridized carbons (Fsp3) is 0.533. The van der Waals surface area contributed by atoms with Crippen LogP contribution in [0.15, 0.2) is 18.2 Å². The van der Waals surface area contributed by atoms with Crippen LogP contribution in [-0.4, -0.2) is 36.5 Å². The van der Waals surface area contributed by atoms with Crippen LogP contribution in [0.25, 0.3) is 0 Å². The number of nitrogens with two attached hydrogens (primary N) is 1. The summed E-state index contributed by atoms with van der Waals surface area (Å²) in [5, 5.41) is 2.99. The van der Waals surface area contributed by atoms with Crippen LogP contribution in [0, 0.1) is 13.8 Å². The van der Waals surface area contributed by atoms with Gasteiger partial charge < -0.3 is 11.1 Å². The van der Waals surface area contributed by atoms with Gasteiger partial charge in [0.25, 0.3) is 0 Å². The minimum atomic E-state index is 0. The quantitative estimate of drug-likeness (QED) is 0.898. The van der Waals surface area contributed by atoms with Gasteiger partial charge in [-0.3, -0.25) is 9.69 Å². The molecule has 1 aromatic carbocycles. The van der Waals surface area contributed by atoms with E-state index in [-0.39, 0.29) is 24.4 Å². The molecular weight excluding hydrogens is 274 g/mol. The van der Waals surface area contributed by atoms with Crippen molar-refractivity contribution < 1.29 is 4.79 Å². The van der Waals surface area contributed by atoms with E-state index in [1.54, 1.807) is 0 Å². The Morgan fingerprint density at radius 1 is 1.45 bits per heavy atom. The third kappa shape index (κ3) is 4.78. The molecule has 0 spiro atoms. The van der Waals surface area contributed by atoms with Gasteiger partial charge in [-0.05, 0) is 50.4 Å². The Morgan fingerprint density at radius 3 is 2.90 bits per heavy atom. The maximum absolute atomic E-state index is 12.1. The highest BCUT2D eigenvalue weighted by Gasteiger charge is 2.18. The normalized spacial score (nSPS) is 19.2. The first kappa shape index (κ1) is 17.0. The lowest BCUT2D eigenvalue weighted by molar-refractivity contribution is -0.117. The third-order valence-corrected chi connectivity index (χ3v) is 3.58. The number of amides is 1. The summed E-state index contributed by atoms with van der Waals surface area (Å²) < 4.78 is 0. The number of nitrogens with zero attached hydrogens (tertiary/aromatic N) is 1. The number of benzene rings is 1. The molecule has 1 saturated heterocycles. The number of hydrogen-bond acceptors (Lipinski definition) is 3. The highest BCUT2D eigenvalue weighted by molar-refractivity contribution is 5.93. The first-order chi connectivity index (χ1) is 9.04. The predicted octanol–water partition coefficient (Wildman–Crippen LogP) is 2.09. The largest absolute Gasteiger partial charge is 0.327 e. The number of anilines is 1. The number of carbonyl (C=O) groups is 1. The fourth-order valence-electron chi connectivity index (χ4n) is 2.50. The summed E-state index contributed by atoms with van der Waals surface area (Å²) in [5.74, 6) is 0.0443. The van der Waals surface area contributed by atoms with Crippen LogP contribution in [0.1, 0.15) is 24.0 Å². The van der Waals surface area contributed by atoms with Gasteiger partial charge in [0.1, 0.15) is 0 Å². The van der Waals surface area contributed by atoms with Gasteiger partial charge in [-0.25, -0.2) is 0 Å². The van der Waals surface area contributed by atoms with E-state index in [9.17, 15) is 4.79 Å². The van der Waals surface area contributed by atoms with E-state index in [0.29, 0.717) is 6.54 Å². The standard InChI is InChI=1S/C15H23N3O.ClH/c1-11-5-6-12(2)14(8-11)17-15(19)10-18-7-3-4-13(16)9-18;/h5-6,8,13H,3-4,7,9-10,16H2,1-2H3,(H,17,19);1H. The highest BCUT2D eigenvalue weighted by atomic mass is 35.5. The van der Waals surface area contributed by atoms with Crippen molar-refractivity contribution in [3.05, 3.63) is 29.3 Å². The van der Waals surface area contributed by atoms with Crippen molar-refractivity contribution in [2.24, 2.45) is 5.73 Å². The van der Waals surface area contributed by atoms with Gasteiger partial charge >= 0.3 is 0 Å². The summed E-state index contributed by atoms with van der Waals surface area (Å²) in [4.78, 5) is 14.2. The van der Waals surface area contributed by atoms with E-state index in [4.69, 9.17) is 5.73 Å². The molecule has 2 rings (SSSR count). The van der Waals surface area contributed by atoms with Crippen molar-refractivity contribution >= 4 is 24.0 Å². The van der Waals surface area contributed by atoms with Gasteiger partial charge in [0.15, 0.2) is 0 Å². The Balaban J connectivity index is 0.00000200. The molecule has 3 N–H and O–H groups in total. The zero-order valence-electron chi connectivity index (χ0n) is 12.2. The molecule has 0 aliphatic carbocycles. The zero-order valence-corrected chi connectivity index (χ0v) is 13.0. The van der Waals surface area contributed by atoms with Crippen molar-refractivity contribution in [2.75, 3.05) is 25.0 Å². The summed E-state index contributed by atoms with van der Waals surface area (Å²) in [6, 6.07) is 6.30. The molecule has 1 atom stereocenters. The van der Waals surface area contributed by atoms with Crippen molar-refractivity contribution in [1.82, 2.24) is 4.90 Å². The maximum atomic E-state index is 12.1. The molecule has 1 fully saturated rings. The molecule has 5 heteroatoms. The zero-order chi connectivity index (χ0) is 13.8. The molecule has 0 saturated carbocycles. The molecule has 1 amide bonds. The molecule has 0 aromatic heterocycles. The summed E-state index contributed by atoms with van der Waals surface area (Å²) >= 11 is 0. The van der Waals surface area contributed by atoms with Gasteiger partial charge in [0.2, 0.25) is 5.91 Å². The van der Waals surface area contributed by atoms with Gasteiger partial charge in [-0.1, -0.05) is 12.1 Å². The first-order valence-electron chi connectivity index (χ1n) is 6.89. The Labute approximate surface area is 127 Å². The van der Waals surface area contributed by atoms with E-state index in [2.05, 4.69) is 16.3 Å². The molecule has 20 heavy (non-hydrogen) atoms. The topological polar surface area (TPSA) is 58.4 Å². The second-order valence-corrected chi connectivity index (χ2v) is 5.50. The molecule has 112 valence electrons. The van der Waals surface area contributed by atoms with Gasteiger partial charge in [0, 0.05) is 18.3 Å². The molecular formula is C15H24ClN3O. The third-order valence-electron chi connectivity index (χ3n) is 3.58. The van der Waals surface area contributed by atoms with Crippen molar-refractivity contribution in [3.8, 4) is 0 Å². The maximum Gasteiger partial charge on any atom is 0.238 e. The lowest BCUT2D eigenvalue weighted by Crippen LogP contribution is -2.45. The number of nitrogens with one attached hydrogen (secondary N) is 1. The minimum Gasteiger partial charge on any atom is -0.327 e. The smallest absolute Gasteiger partial charge is 0.238 e. The molecule has 1 heterocycles. The van der Waals surface area contributed by atoms with Crippen LogP contribution >= 0.6 is 12.4 Å². The average Bonchev–Trinajstić information content (AvgIpc) is 2.34. The van der Waals surface area contributed by atoms with Gasteiger partial charge in [-0.2, -0.15) is 0 Å². The lowest BCUT2D eigenvalue weighted by Gasteiger charge is -2.30. The fourth-order valence-corrected chi connectivity index (χ4v) is 2.50. The van der Waals surface area contributed by atoms with Crippen LogP contribution < -0.4 is 11.1 Å². The molecule has 4 nitrogen and oxygen atoms in total. The number of likely N-dealkylation sites (tertiary alicyclic amines) is 1.